The standard InChI is InChI=1S/C24H16N4OS2/c25-12-15-5-1-2-6-16(15)13-28-14-17(18-7-3-4-8-19(18)28)11-20-22(29)21(23(26)31-20)24-27-9-10-30-24/h1-11,14,21,26H,13H2. The summed E-state index contributed by atoms with van der Waals surface area (Å²) in [7, 11) is 0. The van der Waals surface area contributed by atoms with Crippen molar-refractivity contribution in [2.45, 2.75) is 12.5 Å². The lowest BCUT2D eigenvalue weighted by atomic mass is 10.0. The van der Waals surface area contributed by atoms with Crippen LogP contribution >= 0.6 is 23.1 Å². The van der Waals surface area contributed by atoms with Crippen molar-refractivity contribution in [2.75, 3.05) is 0 Å². The summed E-state index contributed by atoms with van der Waals surface area (Å²) >= 11 is 2.62. The Kier molecular flexibility index (Phi) is 5.02. The number of fused-ring (bicyclic) bond motifs is 1. The summed E-state index contributed by atoms with van der Waals surface area (Å²) < 4.78 is 2.10. The van der Waals surface area contributed by atoms with Gasteiger partial charge in [0.25, 0.3) is 0 Å². The van der Waals surface area contributed by atoms with Crippen molar-refractivity contribution in [3.8, 4) is 6.07 Å². The number of nitrogens with one attached hydrogen (secondary N) is 1. The first-order valence-corrected chi connectivity index (χ1v) is 11.3. The Bertz CT molecular complexity index is 1390. The van der Waals surface area contributed by atoms with E-state index in [1.165, 1.54) is 23.1 Å². The van der Waals surface area contributed by atoms with E-state index in [4.69, 9.17) is 5.41 Å². The molecule has 1 unspecified atom stereocenters. The molecule has 1 fully saturated rings. The van der Waals surface area contributed by atoms with Crippen molar-refractivity contribution in [1.29, 1.82) is 10.7 Å². The Morgan fingerprint density at radius 2 is 2.00 bits per heavy atom. The molecule has 1 aliphatic heterocycles. The van der Waals surface area contributed by atoms with Crippen LogP contribution in [-0.2, 0) is 11.3 Å². The van der Waals surface area contributed by atoms with E-state index in [1.54, 1.807) is 6.20 Å². The van der Waals surface area contributed by atoms with E-state index in [0.29, 0.717) is 27.1 Å². The minimum Gasteiger partial charge on any atom is -0.342 e. The molecule has 3 heterocycles. The summed E-state index contributed by atoms with van der Waals surface area (Å²) in [5, 5.41) is 21.6. The molecule has 0 bridgehead atoms. The van der Waals surface area contributed by atoms with Gasteiger partial charge in [-0.05, 0) is 23.8 Å². The molecule has 31 heavy (non-hydrogen) atoms. The highest BCUT2D eigenvalue weighted by Crippen LogP contribution is 2.41. The van der Waals surface area contributed by atoms with Crippen LogP contribution in [0.4, 0.5) is 0 Å². The number of hydrogen-bond donors (Lipinski definition) is 1. The molecule has 4 aromatic rings. The third-order valence-electron chi connectivity index (χ3n) is 5.27. The summed E-state index contributed by atoms with van der Waals surface area (Å²) in [4.78, 5) is 17.8. The predicted octanol–water partition coefficient (Wildman–Crippen LogP) is 5.44. The van der Waals surface area contributed by atoms with E-state index in [9.17, 15) is 10.1 Å². The second kappa shape index (κ2) is 7.99. The minimum atomic E-state index is -0.591. The number of nitriles is 1. The zero-order valence-corrected chi connectivity index (χ0v) is 17.9. The topological polar surface area (TPSA) is 82.5 Å². The molecule has 0 amide bonds. The molecule has 1 aliphatic rings. The van der Waals surface area contributed by atoms with Gasteiger partial charge in [0.1, 0.15) is 10.9 Å². The van der Waals surface area contributed by atoms with Crippen molar-refractivity contribution >= 4 is 50.9 Å². The van der Waals surface area contributed by atoms with Crippen molar-refractivity contribution in [1.82, 2.24) is 9.55 Å². The maximum atomic E-state index is 13.0. The summed E-state index contributed by atoms with van der Waals surface area (Å²) in [5.41, 5.74) is 3.56. The molecule has 5 rings (SSSR count). The normalized spacial score (nSPS) is 17.5. The largest absolute Gasteiger partial charge is 0.342 e. The van der Waals surface area contributed by atoms with Gasteiger partial charge in [0.05, 0.1) is 21.6 Å². The van der Waals surface area contributed by atoms with E-state index in [1.807, 2.05) is 66.2 Å². The molecular formula is C24H16N4OS2. The molecule has 0 spiro atoms. The van der Waals surface area contributed by atoms with Crippen LogP contribution in [0.2, 0.25) is 0 Å². The van der Waals surface area contributed by atoms with Gasteiger partial charge < -0.3 is 4.57 Å². The van der Waals surface area contributed by atoms with Gasteiger partial charge in [-0.3, -0.25) is 10.2 Å². The van der Waals surface area contributed by atoms with Crippen LogP contribution < -0.4 is 0 Å². The number of para-hydroxylation sites is 1. The fourth-order valence-corrected chi connectivity index (χ4v) is 5.60. The molecule has 5 nitrogen and oxygen atoms in total. The maximum absolute atomic E-state index is 13.0. The lowest BCUT2D eigenvalue weighted by molar-refractivity contribution is -0.114. The molecule has 1 saturated heterocycles. The van der Waals surface area contributed by atoms with Gasteiger partial charge in [-0.1, -0.05) is 48.2 Å². The number of Topliss-reactive ketones (excluding diaryl/α,β-unsaturated/α-hetero) is 1. The van der Waals surface area contributed by atoms with Crippen molar-refractivity contribution in [3.63, 3.8) is 0 Å². The van der Waals surface area contributed by atoms with E-state index >= 15 is 0 Å². The Morgan fingerprint density at radius 1 is 1.19 bits per heavy atom. The fraction of sp³-hybridized carbons (Fsp3) is 0.0833. The van der Waals surface area contributed by atoms with E-state index < -0.39 is 5.92 Å². The number of benzene rings is 2. The molecular weight excluding hydrogens is 424 g/mol. The predicted molar refractivity (Wildman–Crippen MR) is 125 cm³/mol. The molecule has 1 N–H and O–H groups in total. The highest BCUT2D eigenvalue weighted by molar-refractivity contribution is 8.19. The molecule has 1 atom stereocenters. The average Bonchev–Trinajstić information content (AvgIpc) is 3.49. The Hall–Kier alpha value is -3.47. The van der Waals surface area contributed by atoms with Gasteiger partial charge in [-0.15, -0.1) is 11.3 Å². The first kappa shape index (κ1) is 19.5. The SMILES string of the molecule is N#Cc1ccccc1Cn1cc(C=C2SC(=N)C(c3nccs3)C2=O)c2ccccc21. The number of hydrogen-bond acceptors (Lipinski definition) is 6. The molecule has 150 valence electrons. The highest BCUT2D eigenvalue weighted by Gasteiger charge is 2.38. The molecule has 2 aromatic heterocycles. The molecule has 2 aromatic carbocycles. The third-order valence-corrected chi connectivity index (χ3v) is 7.10. The summed E-state index contributed by atoms with van der Waals surface area (Å²) in [5.74, 6) is -0.663. The van der Waals surface area contributed by atoms with E-state index in [2.05, 4.69) is 15.6 Å². The van der Waals surface area contributed by atoms with Crippen LogP contribution in [0.25, 0.3) is 17.0 Å². The van der Waals surface area contributed by atoms with Gasteiger partial charge in [0.15, 0.2) is 5.78 Å². The first-order chi connectivity index (χ1) is 15.2. The number of thiazole rings is 1. The number of thioether (sulfide) groups is 1. The second-order valence-electron chi connectivity index (χ2n) is 7.14. The number of ketones is 1. The number of aromatic nitrogens is 2. The maximum Gasteiger partial charge on any atom is 0.186 e. The average molecular weight is 441 g/mol. The van der Waals surface area contributed by atoms with Crippen molar-refractivity contribution in [2.24, 2.45) is 0 Å². The molecule has 0 radical (unpaired) electrons. The fourth-order valence-electron chi connectivity index (χ4n) is 3.80. The Morgan fingerprint density at radius 3 is 2.81 bits per heavy atom. The lowest BCUT2D eigenvalue weighted by Crippen LogP contribution is -2.11. The summed E-state index contributed by atoms with van der Waals surface area (Å²) in [6.45, 7) is 0.562. The van der Waals surface area contributed by atoms with E-state index in [0.717, 1.165) is 22.0 Å². The van der Waals surface area contributed by atoms with Gasteiger partial charge in [-0.2, -0.15) is 5.26 Å². The number of allylic oxidation sites excluding steroid dienone is 1. The van der Waals surface area contributed by atoms with Crippen LogP contribution in [0, 0.1) is 16.7 Å². The minimum absolute atomic E-state index is 0.0726. The molecule has 7 heteroatoms. The second-order valence-corrected chi connectivity index (χ2v) is 9.15. The monoisotopic (exact) mass is 440 g/mol. The Labute approximate surface area is 187 Å². The van der Waals surface area contributed by atoms with Crippen LogP contribution in [0.3, 0.4) is 0 Å². The Balaban J connectivity index is 1.55. The van der Waals surface area contributed by atoms with Crippen molar-refractivity contribution < 1.29 is 4.79 Å². The smallest absolute Gasteiger partial charge is 0.186 e. The number of nitrogens with zero attached hydrogens (tertiary/aromatic N) is 3. The van der Waals surface area contributed by atoms with Gasteiger partial charge in [-0.25, -0.2) is 4.98 Å². The quantitative estimate of drug-likeness (QED) is 0.429. The summed E-state index contributed by atoms with van der Waals surface area (Å²) in [6, 6.07) is 17.9. The zero-order valence-electron chi connectivity index (χ0n) is 16.3. The van der Waals surface area contributed by atoms with Crippen LogP contribution in [0.15, 0.2) is 71.2 Å². The number of carbonyl (C=O) groups excluding carboxylic acids is 1. The van der Waals surface area contributed by atoms with E-state index in [-0.39, 0.29) is 5.78 Å². The van der Waals surface area contributed by atoms with Crippen LogP contribution in [0.5, 0.6) is 0 Å². The molecule has 0 saturated carbocycles. The molecule has 0 aliphatic carbocycles. The number of rotatable bonds is 4. The lowest BCUT2D eigenvalue weighted by Gasteiger charge is -2.07. The van der Waals surface area contributed by atoms with Crippen LogP contribution in [-0.4, -0.2) is 20.4 Å². The third kappa shape index (κ3) is 3.50. The van der Waals surface area contributed by atoms with Gasteiger partial charge in [0.2, 0.25) is 0 Å². The highest BCUT2D eigenvalue weighted by atomic mass is 32.2. The zero-order chi connectivity index (χ0) is 21.4. The van der Waals surface area contributed by atoms with Crippen LogP contribution in [0.1, 0.15) is 27.6 Å². The van der Waals surface area contributed by atoms with Gasteiger partial charge in [0, 0.05) is 40.8 Å². The van der Waals surface area contributed by atoms with Crippen molar-refractivity contribution in [3.05, 3.63) is 92.9 Å². The van der Waals surface area contributed by atoms with Gasteiger partial charge >= 0.3 is 0 Å². The number of carbonyl (C=O) groups is 1. The first-order valence-electron chi connectivity index (χ1n) is 9.63. The summed E-state index contributed by atoms with van der Waals surface area (Å²) in [6.07, 6.45) is 5.56.